The number of carbonyl (C=O) groups excluding carboxylic acids is 1. The monoisotopic (exact) mass is 295 g/mol. The molecule has 0 bridgehead atoms. The summed E-state index contributed by atoms with van der Waals surface area (Å²) in [7, 11) is 0. The number of benzene rings is 1. The van der Waals surface area contributed by atoms with Crippen molar-refractivity contribution in [2.24, 2.45) is 0 Å². The van der Waals surface area contributed by atoms with Gasteiger partial charge in [-0.05, 0) is 36.8 Å². The lowest BCUT2D eigenvalue weighted by Gasteiger charge is -2.14. The van der Waals surface area contributed by atoms with Crippen LogP contribution in [0.15, 0.2) is 61.4 Å². The molecule has 22 heavy (non-hydrogen) atoms. The third-order valence-corrected chi connectivity index (χ3v) is 3.49. The van der Waals surface area contributed by atoms with Gasteiger partial charge in [-0.1, -0.05) is 12.1 Å². The van der Waals surface area contributed by atoms with Gasteiger partial charge in [0.05, 0.1) is 6.54 Å². The molecular weight excluding hydrogens is 278 g/mol. The number of hydrogen-bond donors (Lipinski definition) is 1. The Morgan fingerprint density at radius 1 is 1.23 bits per heavy atom. The number of aromatic nitrogens is 4. The van der Waals surface area contributed by atoms with Crippen molar-refractivity contribution < 1.29 is 4.79 Å². The molecule has 3 rings (SSSR count). The number of hydrogen-bond acceptors (Lipinski definition) is 3. The fourth-order valence-corrected chi connectivity index (χ4v) is 2.18. The second-order valence-electron chi connectivity index (χ2n) is 5.09. The van der Waals surface area contributed by atoms with Gasteiger partial charge in [-0.15, -0.1) is 0 Å². The Balaban J connectivity index is 1.62. The van der Waals surface area contributed by atoms with Crippen LogP contribution in [0.4, 0.5) is 5.69 Å². The van der Waals surface area contributed by atoms with Gasteiger partial charge in [0.1, 0.15) is 18.7 Å². The Labute approximate surface area is 128 Å². The summed E-state index contributed by atoms with van der Waals surface area (Å²) in [6, 6.07) is 11.3. The number of rotatable bonds is 5. The smallest absolute Gasteiger partial charge is 0.247 e. The molecule has 0 spiro atoms. The highest BCUT2D eigenvalue weighted by atomic mass is 16.2. The van der Waals surface area contributed by atoms with Gasteiger partial charge in [-0.2, -0.15) is 5.10 Å². The minimum absolute atomic E-state index is 0.0415. The van der Waals surface area contributed by atoms with E-state index in [1.807, 2.05) is 60.3 Å². The average Bonchev–Trinajstić information content (AvgIpc) is 3.21. The van der Waals surface area contributed by atoms with Gasteiger partial charge < -0.3 is 9.88 Å². The Kier molecular flexibility index (Phi) is 4.00. The first-order valence-corrected chi connectivity index (χ1v) is 7.07. The van der Waals surface area contributed by atoms with Gasteiger partial charge in [0.25, 0.3) is 0 Å². The highest BCUT2D eigenvalue weighted by Crippen LogP contribution is 2.14. The topological polar surface area (TPSA) is 64.7 Å². The lowest BCUT2D eigenvalue weighted by molar-refractivity contribution is -0.118. The molecule has 112 valence electrons. The van der Waals surface area contributed by atoms with E-state index in [1.54, 1.807) is 11.0 Å². The molecule has 1 amide bonds. The Morgan fingerprint density at radius 2 is 1.95 bits per heavy atom. The number of carbonyl (C=O) groups is 1. The van der Waals surface area contributed by atoms with Crippen molar-refractivity contribution >= 4 is 11.6 Å². The predicted molar refractivity (Wildman–Crippen MR) is 83.3 cm³/mol. The summed E-state index contributed by atoms with van der Waals surface area (Å²) in [5.41, 5.74) is 1.88. The van der Waals surface area contributed by atoms with Crippen LogP contribution in [0.1, 0.15) is 18.5 Å². The first-order valence-electron chi connectivity index (χ1n) is 7.07. The van der Waals surface area contributed by atoms with E-state index >= 15 is 0 Å². The van der Waals surface area contributed by atoms with E-state index in [0.717, 1.165) is 11.3 Å². The Morgan fingerprint density at radius 3 is 2.59 bits per heavy atom. The average molecular weight is 295 g/mol. The van der Waals surface area contributed by atoms with Crippen LogP contribution in [0.3, 0.4) is 0 Å². The summed E-state index contributed by atoms with van der Waals surface area (Å²) in [6.45, 7) is 2.53. The van der Waals surface area contributed by atoms with Gasteiger partial charge in [-0.25, -0.2) is 9.67 Å². The van der Waals surface area contributed by atoms with Crippen LogP contribution in [0.5, 0.6) is 0 Å². The fraction of sp³-hybridized carbons (Fsp3) is 0.188. The maximum atomic E-state index is 12.2. The molecule has 0 aliphatic rings. The van der Waals surface area contributed by atoms with Crippen LogP contribution in [0.2, 0.25) is 0 Å². The summed E-state index contributed by atoms with van der Waals surface area (Å²) in [6.07, 6.45) is 6.95. The van der Waals surface area contributed by atoms with Crippen LogP contribution in [-0.2, 0) is 11.3 Å². The van der Waals surface area contributed by atoms with E-state index < -0.39 is 0 Å². The first kappa shape index (κ1) is 14.1. The molecule has 0 unspecified atom stereocenters. The van der Waals surface area contributed by atoms with Crippen molar-refractivity contribution in [3.05, 3.63) is 67.0 Å². The molecule has 1 aromatic carbocycles. The molecule has 6 nitrogen and oxygen atoms in total. The third-order valence-electron chi connectivity index (χ3n) is 3.49. The lowest BCUT2D eigenvalue weighted by Crippen LogP contribution is -2.22. The summed E-state index contributed by atoms with van der Waals surface area (Å²) in [4.78, 5) is 16.1. The fourth-order valence-electron chi connectivity index (χ4n) is 2.18. The van der Waals surface area contributed by atoms with E-state index in [4.69, 9.17) is 0 Å². The maximum Gasteiger partial charge on any atom is 0.247 e. The largest absolute Gasteiger partial charge is 0.342 e. The van der Waals surface area contributed by atoms with E-state index in [1.165, 1.54) is 6.33 Å². The van der Waals surface area contributed by atoms with Gasteiger partial charge >= 0.3 is 0 Å². The molecule has 0 aliphatic heterocycles. The van der Waals surface area contributed by atoms with Crippen molar-refractivity contribution in [1.29, 1.82) is 0 Å². The second-order valence-corrected chi connectivity index (χ2v) is 5.09. The zero-order valence-corrected chi connectivity index (χ0v) is 12.3. The molecule has 3 aromatic rings. The molecule has 2 heterocycles. The molecule has 6 heteroatoms. The van der Waals surface area contributed by atoms with Crippen LogP contribution >= 0.6 is 0 Å². The second kappa shape index (κ2) is 6.26. The summed E-state index contributed by atoms with van der Waals surface area (Å²) in [5.74, 6) is -0.0415. The molecule has 0 fully saturated rings. The summed E-state index contributed by atoms with van der Waals surface area (Å²) in [5, 5.41) is 6.99. The minimum Gasteiger partial charge on any atom is -0.342 e. The van der Waals surface area contributed by atoms with Crippen LogP contribution in [-0.4, -0.2) is 25.2 Å². The lowest BCUT2D eigenvalue weighted by atomic mass is 10.2. The molecule has 0 saturated heterocycles. The SMILES string of the molecule is C[C@H](C(=O)Nc1ccc(Cn2cncn2)cc1)n1cccc1. The normalized spacial score (nSPS) is 12.0. The van der Waals surface area contributed by atoms with Gasteiger partial charge in [0.2, 0.25) is 5.91 Å². The standard InChI is InChI=1S/C16H17N5O/c1-13(20-8-2-3-9-20)16(22)19-15-6-4-14(5-7-15)10-21-12-17-11-18-21/h2-9,11-13H,10H2,1H3,(H,19,22)/t13-/m1/s1. The van der Waals surface area contributed by atoms with Crippen LogP contribution < -0.4 is 5.32 Å². The Bertz CT molecular complexity index is 717. The molecular formula is C16H17N5O. The van der Waals surface area contributed by atoms with E-state index in [9.17, 15) is 4.79 Å². The van der Waals surface area contributed by atoms with Crippen LogP contribution in [0.25, 0.3) is 0 Å². The van der Waals surface area contributed by atoms with E-state index in [0.29, 0.717) is 6.54 Å². The third kappa shape index (κ3) is 3.22. The van der Waals surface area contributed by atoms with Gasteiger partial charge in [0.15, 0.2) is 0 Å². The van der Waals surface area contributed by atoms with Crippen molar-refractivity contribution in [1.82, 2.24) is 19.3 Å². The molecule has 0 saturated carbocycles. The number of nitrogens with one attached hydrogen (secondary N) is 1. The number of amides is 1. The predicted octanol–water partition coefficient (Wildman–Crippen LogP) is 2.33. The number of anilines is 1. The maximum absolute atomic E-state index is 12.2. The summed E-state index contributed by atoms with van der Waals surface area (Å²) < 4.78 is 3.62. The van der Waals surface area contributed by atoms with E-state index in [-0.39, 0.29) is 11.9 Å². The highest BCUT2D eigenvalue weighted by molar-refractivity contribution is 5.93. The quantitative estimate of drug-likeness (QED) is 0.785. The molecule has 2 aromatic heterocycles. The van der Waals surface area contributed by atoms with Gasteiger partial charge in [0, 0.05) is 18.1 Å². The minimum atomic E-state index is -0.246. The molecule has 1 N–H and O–H groups in total. The van der Waals surface area contributed by atoms with Crippen molar-refractivity contribution in [3.8, 4) is 0 Å². The van der Waals surface area contributed by atoms with Crippen molar-refractivity contribution in [2.75, 3.05) is 5.32 Å². The number of nitrogens with zero attached hydrogens (tertiary/aromatic N) is 4. The van der Waals surface area contributed by atoms with Crippen molar-refractivity contribution in [2.45, 2.75) is 19.5 Å². The zero-order chi connectivity index (χ0) is 15.4. The molecule has 0 aliphatic carbocycles. The Hall–Kier alpha value is -2.89. The molecule has 0 radical (unpaired) electrons. The first-order chi connectivity index (χ1) is 10.7. The van der Waals surface area contributed by atoms with Gasteiger partial charge in [-0.3, -0.25) is 4.79 Å². The van der Waals surface area contributed by atoms with E-state index in [2.05, 4.69) is 15.4 Å². The van der Waals surface area contributed by atoms with Crippen molar-refractivity contribution in [3.63, 3.8) is 0 Å². The zero-order valence-electron chi connectivity index (χ0n) is 12.3. The van der Waals surface area contributed by atoms with Crippen LogP contribution in [0, 0.1) is 0 Å². The molecule has 1 atom stereocenters. The summed E-state index contributed by atoms with van der Waals surface area (Å²) >= 11 is 0. The highest BCUT2D eigenvalue weighted by Gasteiger charge is 2.13.